The Balaban J connectivity index is 1.61. The number of alkyl halides is 3. The lowest BCUT2D eigenvalue weighted by Gasteiger charge is -2.27. The number of rotatable bonds is 5. The minimum absolute atomic E-state index is 0.0557. The lowest BCUT2D eigenvalue weighted by molar-refractivity contribution is -0.137. The van der Waals surface area contributed by atoms with Crippen molar-refractivity contribution in [3.05, 3.63) is 54.4 Å². The molecular formula is C24H22F3N7O2. The summed E-state index contributed by atoms with van der Waals surface area (Å²) in [7, 11) is 1.57. The quantitative estimate of drug-likeness (QED) is 0.417. The Morgan fingerprint density at radius 1 is 1.06 bits per heavy atom. The zero-order valence-electron chi connectivity index (χ0n) is 19.2. The van der Waals surface area contributed by atoms with Gasteiger partial charge < -0.3 is 25.4 Å². The monoisotopic (exact) mass is 497 g/mol. The molecule has 1 saturated heterocycles. The van der Waals surface area contributed by atoms with Gasteiger partial charge in [0.2, 0.25) is 5.95 Å². The maximum Gasteiger partial charge on any atom is 0.417 e. The molecule has 186 valence electrons. The van der Waals surface area contributed by atoms with Crippen LogP contribution in [-0.4, -0.2) is 53.3 Å². The minimum Gasteiger partial charge on any atom is -0.496 e. The molecule has 1 aliphatic heterocycles. The molecular weight excluding hydrogens is 475 g/mol. The number of benzene rings is 1. The standard InChI is InChI=1S/C24H22F3N7O2/c1-35-20-4-2-3-18-15(20)9-14(12-29-18)31-22-11-19(32-23(33-22)34-5-7-36-8-6-34)16-13-30-21(28)10-17(16)24(25,26)27/h2-4,9-13H,5-8H2,1H3,(H2,28,30)(H,31,32,33). The maximum atomic E-state index is 13.8. The van der Waals surface area contributed by atoms with Gasteiger partial charge in [-0.05, 0) is 24.3 Å². The average Bonchev–Trinajstić information content (AvgIpc) is 2.88. The highest BCUT2D eigenvalue weighted by Gasteiger charge is 2.35. The van der Waals surface area contributed by atoms with Crippen LogP contribution in [0.2, 0.25) is 0 Å². The zero-order chi connectivity index (χ0) is 25.3. The van der Waals surface area contributed by atoms with Gasteiger partial charge in [-0.3, -0.25) is 4.98 Å². The molecule has 0 bridgehead atoms. The van der Waals surface area contributed by atoms with Crippen LogP contribution in [-0.2, 0) is 10.9 Å². The van der Waals surface area contributed by atoms with E-state index in [-0.39, 0.29) is 23.0 Å². The van der Waals surface area contributed by atoms with Crippen LogP contribution in [0.15, 0.2) is 48.8 Å². The van der Waals surface area contributed by atoms with Crippen LogP contribution in [0.4, 0.5) is 36.4 Å². The van der Waals surface area contributed by atoms with E-state index >= 15 is 0 Å². The van der Waals surface area contributed by atoms with E-state index in [1.165, 1.54) is 6.07 Å². The highest BCUT2D eigenvalue weighted by atomic mass is 19.4. The predicted molar refractivity (Wildman–Crippen MR) is 129 cm³/mol. The van der Waals surface area contributed by atoms with Gasteiger partial charge in [0.05, 0.1) is 49.0 Å². The van der Waals surface area contributed by atoms with Gasteiger partial charge in [0, 0.05) is 36.3 Å². The summed E-state index contributed by atoms with van der Waals surface area (Å²) in [6, 6.07) is 9.60. The number of nitrogens with one attached hydrogen (secondary N) is 1. The summed E-state index contributed by atoms with van der Waals surface area (Å²) in [5.41, 5.74) is 5.80. The zero-order valence-corrected chi connectivity index (χ0v) is 19.2. The first-order chi connectivity index (χ1) is 17.3. The van der Waals surface area contributed by atoms with E-state index in [0.717, 1.165) is 23.2 Å². The molecule has 0 aliphatic carbocycles. The van der Waals surface area contributed by atoms with Crippen LogP contribution in [0.3, 0.4) is 0 Å². The van der Waals surface area contributed by atoms with Crippen molar-refractivity contribution in [2.75, 3.05) is 49.4 Å². The Morgan fingerprint density at radius 2 is 1.86 bits per heavy atom. The van der Waals surface area contributed by atoms with Crippen LogP contribution in [0.5, 0.6) is 5.75 Å². The molecule has 4 aromatic rings. The number of fused-ring (bicyclic) bond motifs is 1. The average molecular weight is 497 g/mol. The fourth-order valence-electron chi connectivity index (χ4n) is 3.97. The Bertz CT molecular complexity index is 1410. The number of morpholine rings is 1. The van der Waals surface area contributed by atoms with Gasteiger partial charge >= 0.3 is 6.18 Å². The van der Waals surface area contributed by atoms with Crippen molar-refractivity contribution in [2.24, 2.45) is 0 Å². The Labute approximate surface area is 204 Å². The molecule has 0 unspecified atom stereocenters. The number of nitrogens with two attached hydrogens (primary N) is 1. The molecule has 9 nitrogen and oxygen atoms in total. The number of aromatic nitrogens is 4. The van der Waals surface area contributed by atoms with Gasteiger partial charge in [-0.25, -0.2) is 9.97 Å². The second-order valence-corrected chi connectivity index (χ2v) is 8.07. The fraction of sp³-hybridized carbons (Fsp3) is 0.250. The first-order valence-corrected chi connectivity index (χ1v) is 11.1. The molecule has 4 heterocycles. The largest absolute Gasteiger partial charge is 0.496 e. The van der Waals surface area contributed by atoms with Gasteiger partial charge in [-0.15, -0.1) is 0 Å². The molecule has 0 atom stereocenters. The van der Waals surface area contributed by atoms with E-state index in [1.807, 2.05) is 29.2 Å². The SMILES string of the molecule is COc1cccc2ncc(Nc3cc(-c4cnc(N)cc4C(F)(F)F)nc(N4CCOCC4)n3)cc12. The van der Waals surface area contributed by atoms with Crippen molar-refractivity contribution >= 4 is 34.2 Å². The number of ether oxygens (including phenoxy) is 2. The van der Waals surface area contributed by atoms with Crippen molar-refractivity contribution in [1.82, 2.24) is 19.9 Å². The third-order valence-corrected chi connectivity index (χ3v) is 5.69. The molecule has 0 spiro atoms. The summed E-state index contributed by atoms with van der Waals surface area (Å²) in [5.74, 6) is 0.976. The lowest BCUT2D eigenvalue weighted by atomic mass is 10.1. The van der Waals surface area contributed by atoms with E-state index in [2.05, 4.69) is 25.3 Å². The molecule has 1 aromatic carbocycles. The normalized spacial score (nSPS) is 14.2. The van der Waals surface area contributed by atoms with Gasteiger partial charge in [0.25, 0.3) is 0 Å². The number of nitrogens with zero attached hydrogens (tertiary/aromatic N) is 5. The minimum atomic E-state index is -4.65. The van der Waals surface area contributed by atoms with Gasteiger partial charge in [-0.2, -0.15) is 18.2 Å². The van der Waals surface area contributed by atoms with Crippen LogP contribution < -0.4 is 20.7 Å². The molecule has 36 heavy (non-hydrogen) atoms. The van der Waals surface area contributed by atoms with E-state index in [9.17, 15) is 13.2 Å². The van der Waals surface area contributed by atoms with Crippen LogP contribution >= 0.6 is 0 Å². The Kier molecular flexibility index (Phi) is 6.18. The molecule has 0 saturated carbocycles. The van der Waals surface area contributed by atoms with Crippen LogP contribution in [0.25, 0.3) is 22.2 Å². The number of anilines is 4. The Morgan fingerprint density at radius 3 is 2.61 bits per heavy atom. The second-order valence-electron chi connectivity index (χ2n) is 8.07. The third-order valence-electron chi connectivity index (χ3n) is 5.69. The van der Waals surface area contributed by atoms with E-state index in [1.54, 1.807) is 13.3 Å². The molecule has 1 fully saturated rings. The number of methoxy groups -OCH3 is 1. The fourth-order valence-corrected chi connectivity index (χ4v) is 3.97. The van der Waals surface area contributed by atoms with E-state index in [4.69, 9.17) is 15.2 Å². The van der Waals surface area contributed by atoms with E-state index in [0.29, 0.717) is 43.6 Å². The summed E-state index contributed by atoms with van der Waals surface area (Å²) in [6.07, 6.45) is -1.96. The summed E-state index contributed by atoms with van der Waals surface area (Å²) < 4.78 is 52.4. The van der Waals surface area contributed by atoms with Crippen molar-refractivity contribution < 1.29 is 22.6 Å². The second kappa shape index (κ2) is 9.46. The van der Waals surface area contributed by atoms with Crippen LogP contribution in [0, 0.1) is 0 Å². The summed E-state index contributed by atoms with van der Waals surface area (Å²) in [5, 5.41) is 3.93. The van der Waals surface area contributed by atoms with Crippen molar-refractivity contribution in [3.8, 4) is 17.0 Å². The van der Waals surface area contributed by atoms with Gasteiger partial charge in [0.1, 0.15) is 17.4 Å². The summed E-state index contributed by atoms with van der Waals surface area (Å²) >= 11 is 0. The molecule has 0 radical (unpaired) electrons. The molecule has 12 heteroatoms. The first kappa shape index (κ1) is 23.5. The predicted octanol–water partition coefficient (Wildman–Crippen LogP) is 4.28. The van der Waals surface area contributed by atoms with Gasteiger partial charge in [0.15, 0.2) is 0 Å². The highest BCUT2D eigenvalue weighted by molar-refractivity contribution is 5.88. The van der Waals surface area contributed by atoms with Crippen molar-refractivity contribution in [2.45, 2.75) is 6.18 Å². The maximum absolute atomic E-state index is 13.8. The Hall–Kier alpha value is -4.19. The molecule has 3 aromatic heterocycles. The number of nitrogen functional groups attached to an aromatic ring is 1. The van der Waals surface area contributed by atoms with Crippen molar-refractivity contribution in [3.63, 3.8) is 0 Å². The lowest BCUT2D eigenvalue weighted by Crippen LogP contribution is -2.37. The third kappa shape index (κ3) is 4.80. The number of pyridine rings is 2. The number of hydrogen-bond acceptors (Lipinski definition) is 9. The molecule has 5 rings (SSSR count). The topological polar surface area (TPSA) is 111 Å². The number of hydrogen-bond donors (Lipinski definition) is 2. The summed E-state index contributed by atoms with van der Waals surface area (Å²) in [6.45, 7) is 1.93. The van der Waals surface area contributed by atoms with Crippen LogP contribution in [0.1, 0.15) is 5.56 Å². The highest BCUT2D eigenvalue weighted by Crippen LogP contribution is 2.38. The molecule has 0 amide bonds. The summed E-state index contributed by atoms with van der Waals surface area (Å²) in [4.78, 5) is 19.2. The number of halogens is 3. The molecule has 3 N–H and O–H groups in total. The van der Waals surface area contributed by atoms with Gasteiger partial charge in [-0.1, -0.05) is 6.07 Å². The molecule has 1 aliphatic rings. The van der Waals surface area contributed by atoms with E-state index < -0.39 is 11.7 Å². The first-order valence-electron chi connectivity index (χ1n) is 11.1. The smallest absolute Gasteiger partial charge is 0.417 e. The van der Waals surface area contributed by atoms with Crippen molar-refractivity contribution in [1.29, 1.82) is 0 Å².